The molecule has 210 valence electrons. The van der Waals surface area contributed by atoms with Crippen molar-refractivity contribution in [3.8, 4) is 5.75 Å². The number of benzene rings is 2. The molecule has 0 bridgehead atoms. The molecule has 2 heterocycles. The molecule has 2 aromatic carbocycles. The van der Waals surface area contributed by atoms with Gasteiger partial charge in [0.2, 0.25) is 0 Å². The zero-order valence-electron chi connectivity index (χ0n) is 23.0. The van der Waals surface area contributed by atoms with Crippen LogP contribution in [0, 0.1) is 5.92 Å². The molecule has 1 N–H and O–H groups in total. The highest BCUT2D eigenvalue weighted by Crippen LogP contribution is 2.31. The van der Waals surface area contributed by atoms with Crippen LogP contribution in [0.2, 0.25) is 0 Å². The van der Waals surface area contributed by atoms with E-state index in [9.17, 15) is 9.59 Å². The van der Waals surface area contributed by atoms with Gasteiger partial charge in [-0.2, -0.15) is 5.10 Å². The normalized spacial score (nSPS) is 16.9. The van der Waals surface area contributed by atoms with Crippen molar-refractivity contribution in [2.24, 2.45) is 11.0 Å². The smallest absolute Gasteiger partial charge is 0.306 e. The highest BCUT2D eigenvalue weighted by atomic mass is 16.5. The molecule has 39 heavy (non-hydrogen) atoms. The summed E-state index contributed by atoms with van der Waals surface area (Å²) in [7, 11) is 0. The number of ether oxygens (including phenoxy) is 3. The lowest BCUT2D eigenvalue weighted by atomic mass is 9.93. The first-order chi connectivity index (χ1) is 19.1. The van der Waals surface area contributed by atoms with Gasteiger partial charge in [0, 0.05) is 17.2 Å². The van der Waals surface area contributed by atoms with Gasteiger partial charge in [-0.1, -0.05) is 51.2 Å². The van der Waals surface area contributed by atoms with Crippen molar-refractivity contribution in [2.75, 3.05) is 44.8 Å². The zero-order valence-corrected chi connectivity index (χ0v) is 23.0. The minimum absolute atomic E-state index is 0.0622. The van der Waals surface area contributed by atoms with E-state index in [1.165, 1.54) is 25.7 Å². The van der Waals surface area contributed by atoms with Crippen LogP contribution in [0.5, 0.6) is 5.75 Å². The van der Waals surface area contributed by atoms with Crippen molar-refractivity contribution in [3.63, 3.8) is 0 Å². The average molecular weight is 536 g/mol. The largest absolute Gasteiger partial charge is 0.493 e. The van der Waals surface area contributed by atoms with Crippen molar-refractivity contribution in [1.82, 2.24) is 5.01 Å². The lowest BCUT2D eigenvalue weighted by Crippen LogP contribution is -2.32. The van der Waals surface area contributed by atoms with E-state index in [-0.39, 0.29) is 17.8 Å². The minimum Gasteiger partial charge on any atom is -0.493 e. The van der Waals surface area contributed by atoms with Crippen LogP contribution in [0.25, 0.3) is 0 Å². The number of anilines is 1. The Bertz CT molecular complexity index is 1100. The number of morpholine rings is 1. The monoisotopic (exact) mass is 535 g/mol. The van der Waals surface area contributed by atoms with E-state index in [2.05, 4.69) is 17.3 Å². The summed E-state index contributed by atoms with van der Waals surface area (Å²) in [6.45, 7) is 6.14. The molecule has 1 saturated heterocycles. The Labute approximate surface area is 231 Å². The van der Waals surface area contributed by atoms with E-state index in [1.54, 1.807) is 18.3 Å². The van der Waals surface area contributed by atoms with E-state index < -0.39 is 0 Å². The molecule has 0 aromatic heterocycles. The van der Waals surface area contributed by atoms with Gasteiger partial charge in [-0.3, -0.25) is 14.6 Å². The highest BCUT2D eigenvalue weighted by Gasteiger charge is 2.23. The number of esters is 1. The minimum atomic E-state index is -0.182. The lowest BCUT2D eigenvalue weighted by molar-refractivity contribution is -0.145. The van der Waals surface area contributed by atoms with E-state index in [0.29, 0.717) is 50.5 Å². The Kier molecular flexibility index (Phi) is 11.2. The summed E-state index contributed by atoms with van der Waals surface area (Å²) in [4.78, 5) is 25.2. The summed E-state index contributed by atoms with van der Waals surface area (Å²) in [6, 6.07) is 13.0. The first-order valence-electron chi connectivity index (χ1n) is 14.3. The molecular weight excluding hydrogens is 494 g/mol. The third-order valence-corrected chi connectivity index (χ3v) is 7.05. The number of nitrogens with zero attached hydrogens (tertiary/aromatic N) is 2. The van der Waals surface area contributed by atoms with Gasteiger partial charge < -0.3 is 19.5 Å². The molecule has 0 radical (unpaired) electrons. The van der Waals surface area contributed by atoms with Gasteiger partial charge in [-0.25, -0.2) is 0 Å². The van der Waals surface area contributed by atoms with Crippen LogP contribution in [0.3, 0.4) is 0 Å². The number of unbranched alkanes of at least 4 members (excludes halogenated alkanes) is 5. The molecule has 1 atom stereocenters. The van der Waals surface area contributed by atoms with Crippen molar-refractivity contribution in [3.05, 3.63) is 59.2 Å². The van der Waals surface area contributed by atoms with Gasteiger partial charge >= 0.3 is 5.97 Å². The van der Waals surface area contributed by atoms with Gasteiger partial charge in [-0.05, 0) is 54.3 Å². The fourth-order valence-corrected chi connectivity index (χ4v) is 4.77. The van der Waals surface area contributed by atoms with Crippen LogP contribution in [0.1, 0.15) is 73.4 Å². The first kappa shape index (κ1) is 28.6. The number of hydrazone groups is 1. The molecule has 2 aromatic rings. The molecule has 1 unspecified atom stereocenters. The summed E-state index contributed by atoms with van der Waals surface area (Å²) in [5.41, 5.74) is 3.19. The van der Waals surface area contributed by atoms with Gasteiger partial charge in [0.25, 0.3) is 5.91 Å². The van der Waals surface area contributed by atoms with E-state index in [4.69, 9.17) is 14.2 Å². The van der Waals surface area contributed by atoms with Crippen LogP contribution < -0.4 is 10.1 Å². The van der Waals surface area contributed by atoms with Crippen molar-refractivity contribution in [2.45, 2.75) is 58.3 Å². The Balaban J connectivity index is 1.23. The molecule has 4 rings (SSSR count). The lowest BCUT2D eigenvalue weighted by Gasteiger charge is -2.25. The van der Waals surface area contributed by atoms with Crippen LogP contribution in [-0.2, 0) is 20.7 Å². The molecule has 2 aliphatic rings. The van der Waals surface area contributed by atoms with E-state index in [1.807, 2.05) is 35.3 Å². The maximum atomic E-state index is 12.8. The first-order valence-corrected chi connectivity index (χ1v) is 14.3. The molecule has 0 spiro atoms. The number of hydrogen-bond acceptors (Lipinski definition) is 7. The fourth-order valence-electron chi connectivity index (χ4n) is 4.77. The molecular formula is C31H41N3O5. The maximum Gasteiger partial charge on any atom is 0.306 e. The molecule has 1 fully saturated rings. The number of carbonyl (C=O) groups excluding carboxylic acids is 2. The van der Waals surface area contributed by atoms with Crippen molar-refractivity contribution < 1.29 is 23.8 Å². The van der Waals surface area contributed by atoms with Gasteiger partial charge in [-0.15, -0.1) is 0 Å². The van der Waals surface area contributed by atoms with Gasteiger partial charge in [0.1, 0.15) is 5.75 Å². The van der Waals surface area contributed by atoms with Gasteiger partial charge in [0.15, 0.2) is 0 Å². The fraction of sp³-hybridized carbons (Fsp3) is 0.516. The van der Waals surface area contributed by atoms with Crippen LogP contribution in [-0.4, -0.2) is 62.6 Å². The van der Waals surface area contributed by atoms with Crippen LogP contribution in [0.15, 0.2) is 47.6 Å². The molecule has 1 amide bonds. The number of nitrogens with one attached hydrogen (secondary N) is 1. The predicted molar refractivity (Wildman–Crippen MR) is 152 cm³/mol. The Morgan fingerprint density at radius 2 is 1.82 bits per heavy atom. The summed E-state index contributed by atoms with van der Waals surface area (Å²) in [5.74, 6) is 0.516. The summed E-state index contributed by atoms with van der Waals surface area (Å²) in [5, 5.41) is 9.44. The topological polar surface area (TPSA) is 89.5 Å². The standard InChI is InChI=1S/C31H41N3O5/c1-2-3-4-5-6-7-16-38-30(35)20-25-19-27-21-28(12-13-29(27)39-23-25)33-31(36)26-10-8-24(9-11-26)22-32-34-14-17-37-18-15-34/h8-13,21-22,25H,2-7,14-20,23H2,1H3,(H,33,36). The summed E-state index contributed by atoms with van der Waals surface area (Å²) in [6.07, 6.45) is 9.84. The number of rotatable bonds is 13. The number of amides is 1. The maximum absolute atomic E-state index is 12.8. The number of fused-ring (bicyclic) bond motifs is 1. The second-order valence-electron chi connectivity index (χ2n) is 10.3. The zero-order chi connectivity index (χ0) is 27.3. The average Bonchev–Trinajstić information content (AvgIpc) is 2.96. The second kappa shape index (κ2) is 15.3. The van der Waals surface area contributed by atoms with Crippen LogP contribution in [0.4, 0.5) is 5.69 Å². The van der Waals surface area contributed by atoms with Gasteiger partial charge in [0.05, 0.1) is 52.2 Å². The Hall–Kier alpha value is -3.39. The predicted octanol–water partition coefficient (Wildman–Crippen LogP) is 5.45. The van der Waals surface area contributed by atoms with E-state index >= 15 is 0 Å². The second-order valence-corrected chi connectivity index (χ2v) is 10.3. The molecule has 0 saturated carbocycles. The Morgan fingerprint density at radius 1 is 1.05 bits per heavy atom. The van der Waals surface area contributed by atoms with Crippen molar-refractivity contribution >= 4 is 23.8 Å². The molecule has 0 aliphatic carbocycles. The van der Waals surface area contributed by atoms with E-state index in [0.717, 1.165) is 42.8 Å². The SMILES string of the molecule is CCCCCCCCOC(=O)CC1COc2ccc(NC(=O)c3ccc(C=NN4CCOCC4)cc3)cc2C1. The highest BCUT2D eigenvalue weighted by molar-refractivity contribution is 6.04. The summed E-state index contributed by atoms with van der Waals surface area (Å²) >= 11 is 0. The molecule has 8 nitrogen and oxygen atoms in total. The summed E-state index contributed by atoms with van der Waals surface area (Å²) < 4.78 is 16.7. The Morgan fingerprint density at radius 3 is 2.62 bits per heavy atom. The third-order valence-electron chi connectivity index (χ3n) is 7.05. The van der Waals surface area contributed by atoms with Crippen LogP contribution >= 0.6 is 0 Å². The number of carbonyl (C=O) groups is 2. The number of hydrogen-bond donors (Lipinski definition) is 1. The molecule has 2 aliphatic heterocycles. The van der Waals surface area contributed by atoms with Crippen molar-refractivity contribution in [1.29, 1.82) is 0 Å². The third kappa shape index (κ3) is 9.39. The molecule has 8 heteroatoms. The quantitative estimate of drug-likeness (QED) is 0.208.